The predicted molar refractivity (Wildman–Crippen MR) is 135 cm³/mol. The maximum Gasteiger partial charge on any atom is 0.221 e. The zero-order valence-corrected chi connectivity index (χ0v) is 19.6. The lowest BCUT2D eigenvalue weighted by molar-refractivity contribution is -0.114. The Morgan fingerprint density at radius 3 is 2.55 bits per heavy atom. The number of nitrogens with two attached hydrogens (primary N) is 1. The van der Waals surface area contributed by atoms with Gasteiger partial charge in [0.1, 0.15) is 5.75 Å². The number of anilines is 1. The molecule has 0 fully saturated rings. The minimum Gasteiger partial charge on any atom is -0.493 e. The van der Waals surface area contributed by atoms with E-state index in [0.29, 0.717) is 6.61 Å². The Labute approximate surface area is 197 Å². The van der Waals surface area contributed by atoms with Crippen LogP contribution in [0.5, 0.6) is 5.75 Å². The van der Waals surface area contributed by atoms with Gasteiger partial charge in [-0.3, -0.25) is 4.79 Å². The number of unbranched alkanes of at least 4 members (excludes halogenated alkanes) is 2. The molecule has 33 heavy (non-hydrogen) atoms. The molecule has 2 unspecified atom stereocenters. The first-order chi connectivity index (χ1) is 16.0. The van der Waals surface area contributed by atoms with Gasteiger partial charge in [-0.25, -0.2) is 0 Å². The van der Waals surface area contributed by atoms with Crippen LogP contribution in [0.4, 0.5) is 5.69 Å². The number of amides is 1. The quantitative estimate of drug-likeness (QED) is 0.425. The maximum atomic E-state index is 11.4. The number of benzene rings is 3. The van der Waals surface area contributed by atoms with Gasteiger partial charge in [0.25, 0.3) is 0 Å². The van der Waals surface area contributed by atoms with Crippen LogP contribution in [0.3, 0.4) is 0 Å². The molecular weight excluding hydrogens is 408 g/mol. The molecular formula is C29H34N2O2. The van der Waals surface area contributed by atoms with Crippen LogP contribution in [0, 0.1) is 6.92 Å². The number of rotatable bonds is 8. The maximum absolute atomic E-state index is 11.4. The Bertz CT molecular complexity index is 1090. The van der Waals surface area contributed by atoms with Crippen molar-refractivity contribution in [2.45, 2.75) is 51.4 Å². The summed E-state index contributed by atoms with van der Waals surface area (Å²) < 4.78 is 6.35. The van der Waals surface area contributed by atoms with Crippen molar-refractivity contribution in [1.29, 1.82) is 0 Å². The second-order valence-electron chi connectivity index (χ2n) is 9.08. The summed E-state index contributed by atoms with van der Waals surface area (Å²) in [6.07, 6.45) is 4.44. The average molecular weight is 443 g/mol. The van der Waals surface area contributed by atoms with Gasteiger partial charge in [0.15, 0.2) is 0 Å². The third kappa shape index (κ3) is 5.63. The fourth-order valence-corrected chi connectivity index (χ4v) is 4.84. The van der Waals surface area contributed by atoms with Crippen molar-refractivity contribution in [1.82, 2.24) is 0 Å². The van der Waals surface area contributed by atoms with Crippen molar-refractivity contribution in [3.63, 3.8) is 0 Å². The predicted octanol–water partition coefficient (Wildman–Crippen LogP) is 5.93. The van der Waals surface area contributed by atoms with Crippen LogP contribution >= 0.6 is 0 Å². The van der Waals surface area contributed by atoms with Gasteiger partial charge in [-0.2, -0.15) is 0 Å². The normalized spacial score (nSPS) is 17.2. The molecule has 0 bridgehead atoms. The van der Waals surface area contributed by atoms with E-state index in [9.17, 15) is 4.79 Å². The number of carbonyl (C=O) groups excluding carboxylic acids is 1. The molecule has 1 aliphatic rings. The summed E-state index contributed by atoms with van der Waals surface area (Å²) in [6.45, 7) is 5.07. The Morgan fingerprint density at radius 1 is 1.00 bits per heavy atom. The highest BCUT2D eigenvalue weighted by molar-refractivity contribution is 5.88. The number of nitrogens with one attached hydrogen (secondary N) is 1. The lowest BCUT2D eigenvalue weighted by atomic mass is 9.75. The summed E-state index contributed by atoms with van der Waals surface area (Å²) in [5.41, 5.74) is 12.8. The standard InChI is InChI=1S/C29H34N2O2/c1-20-7-6-9-24(17-20)27-19-33-28-18-22(8-4-3-5-16-30)10-15-26(28)29(27)23-11-13-25(14-12-23)31-21(2)32/h6-7,9-15,17-18,27,29H,3-5,8,16,19,30H2,1-2H3,(H,31,32). The zero-order chi connectivity index (χ0) is 23.2. The molecule has 0 radical (unpaired) electrons. The molecule has 0 aromatic heterocycles. The minimum absolute atomic E-state index is 0.0595. The van der Waals surface area contributed by atoms with Crippen molar-refractivity contribution < 1.29 is 9.53 Å². The van der Waals surface area contributed by atoms with E-state index in [0.717, 1.165) is 43.7 Å². The first kappa shape index (κ1) is 23.1. The summed E-state index contributed by atoms with van der Waals surface area (Å²) >= 11 is 0. The van der Waals surface area contributed by atoms with Crippen LogP contribution in [0.2, 0.25) is 0 Å². The van der Waals surface area contributed by atoms with Crippen molar-refractivity contribution in [3.05, 3.63) is 94.5 Å². The van der Waals surface area contributed by atoms with Crippen LogP contribution < -0.4 is 15.8 Å². The van der Waals surface area contributed by atoms with E-state index in [2.05, 4.69) is 66.8 Å². The fourth-order valence-electron chi connectivity index (χ4n) is 4.84. The van der Waals surface area contributed by atoms with Gasteiger partial charge in [0.2, 0.25) is 5.91 Å². The zero-order valence-electron chi connectivity index (χ0n) is 19.6. The van der Waals surface area contributed by atoms with Crippen LogP contribution in [-0.2, 0) is 11.2 Å². The molecule has 4 nitrogen and oxygen atoms in total. The van der Waals surface area contributed by atoms with E-state index in [-0.39, 0.29) is 17.7 Å². The highest BCUT2D eigenvalue weighted by Gasteiger charge is 2.33. The van der Waals surface area contributed by atoms with Gasteiger partial charge in [-0.1, -0.05) is 60.5 Å². The summed E-state index contributed by atoms with van der Waals surface area (Å²) in [5.74, 6) is 1.34. The fraction of sp³-hybridized carbons (Fsp3) is 0.345. The molecule has 3 aromatic rings. The van der Waals surface area contributed by atoms with Crippen molar-refractivity contribution in [2.75, 3.05) is 18.5 Å². The van der Waals surface area contributed by atoms with Gasteiger partial charge in [-0.15, -0.1) is 0 Å². The van der Waals surface area contributed by atoms with Crippen LogP contribution in [0.15, 0.2) is 66.7 Å². The van der Waals surface area contributed by atoms with Crippen molar-refractivity contribution >= 4 is 11.6 Å². The monoisotopic (exact) mass is 442 g/mol. The summed E-state index contributed by atoms with van der Waals surface area (Å²) in [7, 11) is 0. The van der Waals surface area contributed by atoms with Gasteiger partial charge >= 0.3 is 0 Å². The van der Waals surface area contributed by atoms with Crippen LogP contribution in [0.25, 0.3) is 0 Å². The Kier molecular flexibility index (Phi) is 7.46. The molecule has 3 aromatic carbocycles. The van der Waals surface area contributed by atoms with Crippen LogP contribution in [0.1, 0.15) is 65.8 Å². The molecule has 1 heterocycles. The molecule has 1 amide bonds. The Hall–Kier alpha value is -3.11. The highest BCUT2D eigenvalue weighted by atomic mass is 16.5. The van der Waals surface area contributed by atoms with E-state index >= 15 is 0 Å². The second kappa shape index (κ2) is 10.7. The Morgan fingerprint density at radius 2 is 1.82 bits per heavy atom. The van der Waals surface area contributed by atoms with Crippen LogP contribution in [-0.4, -0.2) is 19.1 Å². The molecule has 172 valence electrons. The van der Waals surface area contributed by atoms with Crippen molar-refractivity contribution in [2.24, 2.45) is 5.73 Å². The molecule has 4 heteroatoms. The highest BCUT2D eigenvalue weighted by Crippen LogP contribution is 2.46. The molecule has 0 aliphatic carbocycles. The minimum atomic E-state index is -0.0595. The topological polar surface area (TPSA) is 64.4 Å². The summed E-state index contributed by atoms with van der Waals surface area (Å²) in [4.78, 5) is 11.4. The molecule has 0 spiro atoms. The molecule has 2 atom stereocenters. The largest absolute Gasteiger partial charge is 0.493 e. The third-order valence-electron chi connectivity index (χ3n) is 6.46. The number of hydrogen-bond acceptors (Lipinski definition) is 3. The first-order valence-electron chi connectivity index (χ1n) is 11.9. The Balaban J connectivity index is 1.67. The molecule has 3 N–H and O–H groups in total. The van der Waals surface area contributed by atoms with Gasteiger partial charge in [-0.05, 0) is 67.6 Å². The first-order valence-corrected chi connectivity index (χ1v) is 11.9. The van der Waals surface area contributed by atoms with Gasteiger partial charge in [0, 0.05) is 30.0 Å². The number of carbonyl (C=O) groups is 1. The number of ether oxygens (including phenoxy) is 1. The summed E-state index contributed by atoms with van der Waals surface area (Å²) in [5, 5.41) is 2.87. The van der Waals surface area contributed by atoms with E-state index in [1.807, 2.05) is 12.1 Å². The van der Waals surface area contributed by atoms with E-state index < -0.39 is 0 Å². The molecule has 1 aliphatic heterocycles. The number of fused-ring (bicyclic) bond motifs is 1. The molecule has 0 saturated carbocycles. The van der Waals surface area contributed by atoms with Gasteiger partial charge < -0.3 is 15.8 Å². The number of hydrogen-bond donors (Lipinski definition) is 2. The lowest BCUT2D eigenvalue weighted by Crippen LogP contribution is -2.25. The SMILES string of the molecule is CC(=O)Nc1ccc(C2c3ccc(CCCCCN)cc3OCC2c2cccc(C)c2)cc1. The molecule has 4 rings (SSSR count). The number of aryl methyl sites for hydroxylation is 2. The van der Waals surface area contributed by atoms with E-state index in [1.165, 1.54) is 34.7 Å². The summed E-state index contributed by atoms with van der Waals surface area (Å²) in [6, 6.07) is 23.7. The molecule has 0 saturated heterocycles. The smallest absolute Gasteiger partial charge is 0.221 e. The average Bonchev–Trinajstić information content (AvgIpc) is 2.81. The van der Waals surface area contributed by atoms with E-state index in [1.54, 1.807) is 0 Å². The van der Waals surface area contributed by atoms with E-state index in [4.69, 9.17) is 10.5 Å². The third-order valence-corrected chi connectivity index (χ3v) is 6.46. The van der Waals surface area contributed by atoms with Gasteiger partial charge in [0.05, 0.1) is 6.61 Å². The lowest BCUT2D eigenvalue weighted by Gasteiger charge is -2.35. The second-order valence-corrected chi connectivity index (χ2v) is 9.08. The van der Waals surface area contributed by atoms with Crippen molar-refractivity contribution in [3.8, 4) is 5.75 Å².